The van der Waals surface area contributed by atoms with Gasteiger partial charge in [0, 0.05) is 6.54 Å². The van der Waals surface area contributed by atoms with Gasteiger partial charge in [-0.3, -0.25) is 9.40 Å². The van der Waals surface area contributed by atoms with Gasteiger partial charge in [0.2, 0.25) is 0 Å². The summed E-state index contributed by atoms with van der Waals surface area (Å²) in [7, 11) is -3.94. The van der Waals surface area contributed by atoms with Gasteiger partial charge in [-0.15, -0.1) is 0 Å². The van der Waals surface area contributed by atoms with Crippen LogP contribution in [0.5, 0.6) is 0 Å². The van der Waals surface area contributed by atoms with E-state index in [1.807, 2.05) is 6.08 Å². The van der Waals surface area contributed by atoms with Crippen molar-refractivity contribution in [3.63, 3.8) is 0 Å². The molecule has 6 heteroatoms. The minimum absolute atomic E-state index is 0.144. The van der Waals surface area contributed by atoms with Gasteiger partial charge in [0.05, 0.1) is 12.8 Å². The van der Waals surface area contributed by atoms with Crippen molar-refractivity contribution in [2.24, 2.45) is 0 Å². The first kappa shape index (κ1) is 22.3. The summed E-state index contributed by atoms with van der Waals surface area (Å²) >= 11 is 0. The van der Waals surface area contributed by atoms with Gasteiger partial charge in [-0.1, -0.05) is 34.9 Å². The van der Waals surface area contributed by atoms with Crippen molar-refractivity contribution in [2.75, 3.05) is 19.3 Å². The first-order valence-electron chi connectivity index (χ1n) is 8.04. The Hall–Kier alpha value is -0.710. The van der Waals surface area contributed by atoms with Gasteiger partial charge >= 0.3 is 7.60 Å². The minimum Gasteiger partial charge on any atom is -0.324 e. The second kappa shape index (κ2) is 12.7. The Labute approximate surface area is 140 Å². The standard InChI is InChI=1S/C17H32NO4P/c1-15(2)7-5-8-16(3)9-6-10-17(4)11-13-22-18-12-14-23(19,20)21/h7,9,11,18H,5-6,8,10,12-14H2,1-4H3,(H2,19,20,21). The van der Waals surface area contributed by atoms with Gasteiger partial charge in [-0.05, 0) is 53.4 Å². The van der Waals surface area contributed by atoms with E-state index in [0.717, 1.165) is 25.7 Å². The lowest BCUT2D eigenvalue weighted by molar-refractivity contribution is 0.0657. The highest BCUT2D eigenvalue weighted by Crippen LogP contribution is 2.32. The van der Waals surface area contributed by atoms with Gasteiger partial charge in [-0.2, -0.15) is 0 Å². The van der Waals surface area contributed by atoms with Crippen LogP contribution in [0.3, 0.4) is 0 Å². The van der Waals surface area contributed by atoms with Crippen LogP contribution in [0.15, 0.2) is 34.9 Å². The number of hydrogen-bond acceptors (Lipinski definition) is 3. The fraction of sp³-hybridized carbons (Fsp3) is 0.647. The molecular formula is C17H32NO4P. The molecule has 0 aliphatic heterocycles. The second-order valence-electron chi connectivity index (χ2n) is 6.05. The predicted octanol–water partition coefficient (Wildman–Crippen LogP) is 4.10. The summed E-state index contributed by atoms with van der Waals surface area (Å²) in [6.45, 7) is 9.02. The molecule has 0 unspecified atom stereocenters. The zero-order valence-electron chi connectivity index (χ0n) is 14.8. The summed E-state index contributed by atoms with van der Waals surface area (Å²) < 4.78 is 10.6. The third-order valence-electron chi connectivity index (χ3n) is 3.25. The molecule has 0 aromatic carbocycles. The van der Waals surface area contributed by atoms with E-state index in [0.29, 0.717) is 6.61 Å². The summed E-state index contributed by atoms with van der Waals surface area (Å²) in [6, 6.07) is 0. The van der Waals surface area contributed by atoms with Crippen molar-refractivity contribution in [3.05, 3.63) is 34.9 Å². The fourth-order valence-corrected chi connectivity index (χ4v) is 2.23. The zero-order valence-corrected chi connectivity index (χ0v) is 15.7. The van der Waals surface area contributed by atoms with Gasteiger partial charge in [-0.25, -0.2) is 5.48 Å². The Kier molecular flexibility index (Phi) is 12.3. The maximum absolute atomic E-state index is 10.6. The number of nitrogens with one attached hydrogen (secondary N) is 1. The third kappa shape index (κ3) is 17.5. The second-order valence-corrected chi connectivity index (χ2v) is 7.83. The van der Waals surface area contributed by atoms with Crippen LogP contribution in [0.4, 0.5) is 0 Å². The van der Waals surface area contributed by atoms with Crippen LogP contribution in [0.1, 0.15) is 53.4 Å². The number of allylic oxidation sites excluding steroid dienone is 5. The lowest BCUT2D eigenvalue weighted by atomic mass is 10.1. The van der Waals surface area contributed by atoms with Gasteiger partial charge < -0.3 is 9.79 Å². The van der Waals surface area contributed by atoms with Crippen LogP contribution >= 0.6 is 7.60 Å². The molecule has 0 rings (SSSR count). The molecule has 0 aliphatic rings. The fourth-order valence-electron chi connectivity index (χ4n) is 1.85. The maximum Gasteiger partial charge on any atom is 0.326 e. The van der Waals surface area contributed by atoms with E-state index in [9.17, 15) is 4.57 Å². The molecule has 134 valence electrons. The van der Waals surface area contributed by atoms with E-state index in [4.69, 9.17) is 14.6 Å². The van der Waals surface area contributed by atoms with E-state index >= 15 is 0 Å². The largest absolute Gasteiger partial charge is 0.326 e. The molecule has 0 atom stereocenters. The molecule has 0 amide bonds. The van der Waals surface area contributed by atoms with E-state index in [-0.39, 0.29) is 12.7 Å². The maximum atomic E-state index is 10.6. The molecule has 0 bridgehead atoms. The monoisotopic (exact) mass is 345 g/mol. The predicted molar refractivity (Wildman–Crippen MR) is 96.3 cm³/mol. The summed E-state index contributed by atoms with van der Waals surface area (Å²) in [5.41, 5.74) is 6.58. The molecule has 23 heavy (non-hydrogen) atoms. The van der Waals surface area contributed by atoms with Crippen molar-refractivity contribution in [1.29, 1.82) is 0 Å². The Morgan fingerprint density at radius 2 is 1.57 bits per heavy atom. The molecule has 0 aromatic rings. The summed E-state index contributed by atoms with van der Waals surface area (Å²) in [6.07, 6.45) is 10.5. The van der Waals surface area contributed by atoms with Gasteiger partial charge in [0.15, 0.2) is 0 Å². The Balaban J connectivity index is 3.77. The van der Waals surface area contributed by atoms with Crippen molar-refractivity contribution < 1.29 is 19.2 Å². The zero-order chi connectivity index (χ0) is 17.7. The molecule has 5 nitrogen and oxygen atoms in total. The summed E-state index contributed by atoms with van der Waals surface area (Å²) in [4.78, 5) is 22.5. The van der Waals surface area contributed by atoms with Crippen LogP contribution in [0.25, 0.3) is 0 Å². The van der Waals surface area contributed by atoms with Crippen LogP contribution < -0.4 is 5.48 Å². The van der Waals surface area contributed by atoms with E-state index in [2.05, 4.69) is 45.3 Å². The lowest BCUT2D eigenvalue weighted by Gasteiger charge is -2.06. The van der Waals surface area contributed by atoms with Crippen LogP contribution in [0, 0.1) is 0 Å². The molecule has 3 N–H and O–H groups in total. The molecule has 0 heterocycles. The highest BCUT2D eigenvalue weighted by atomic mass is 31.2. The van der Waals surface area contributed by atoms with E-state index < -0.39 is 7.60 Å². The highest BCUT2D eigenvalue weighted by molar-refractivity contribution is 7.51. The molecule has 0 aromatic heterocycles. The van der Waals surface area contributed by atoms with Crippen molar-refractivity contribution in [1.82, 2.24) is 5.48 Å². The van der Waals surface area contributed by atoms with Gasteiger partial charge in [0.1, 0.15) is 0 Å². The first-order valence-corrected chi connectivity index (χ1v) is 9.84. The quantitative estimate of drug-likeness (QED) is 0.215. The molecular weight excluding hydrogens is 313 g/mol. The summed E-state index contributed by atoms with van der Waals surface area (Å²) in [5.74, 6) is 0. The van der Waals surface area contributed by atoms with Crippen LogP contribution in [-0.4, -0.2) is 29.1 Å². The molecule has 0 aliphatic carbocycles. The normalized spacial score (nSPS) is 13.3. The van der Waals surface area contributed by atoms with Gasteiger partial charge in [0.25, 0.3) is 0 Å². The molecule has 0 fully saturated rings. The smallest absolute Gasteiger partial charge is 0.324 e. The third-order valence-corrected chi connectivity index (χ3v) is 4.05. The Morgan fingerprint density at radius 1 is 1.00 bits per heavy atom. The number of hydrogen-bond donors (Lipinski definition) is 3. The topological polar surface area (TPSA) is 78.8 Å². The van der Waals surface area contributed by atoms with Crippen molar-refractivity contribution in [2.45, 2.75) is 53.4 Å². The first-order chi connectivity index (χ1) is 10.7. The van der Waals surface area contributed by atoms with Crippen molar-refractivity contribution in [3.8, 4) is 0 Å². The van der Waals surface area contributed by atoms with E-state index in [1.54, 1.807) is 0 Å². The minimum atomic E-state index is -3.94. The Morgan fingerprint density at radius 3 is 2.13 bits per heavy atom. The number of hydroxylamine groups is 1. The molecule has 0 saturated carbocycles. The summed E-state index contributed by atoms with van der Waals surface area (Å²) in [5, 5.41) is 0. The Bertz CT molecular complexity index is 459. The average Bonchev–Trinajstić information content (AvgIpc) is 2.41. The molecule has 0 radical (unpaired) electrons. The SMILES string of the molecule is CC(C)=CCCC(C)=CCCC(C)=CCONCCP(=O)(O)O. The van der Waals surface area contributed by atoms with Crippen LogP contribution in [0.2, 0.25) is 0 Å². The van der Waals surface area contributed by atoms with Crippen LogP contribution in [-0.2, 0) is 9.40 Å². The number of rotatable bonds is 12. The molecule has 0 saturated heterocycles. The average molecular weight is 345 g/mol. The molecule has 0 spiro atoms. The highest BCUT2D eigenvalue weighted by Gasteiger charge is 2.10. The van der Waals surface area contributed by atoms with E-state index in [1.165, 1.54) is 16.7 Å². The van der Waals surface area contributed by atoms with Crippen molar-refractivity contribution >= 4 is 7.60 Å². The lowest BCUT2D eigenvalue weighted by Crippen LogP contribution is -2.19.